The van der Waals surface area contributed by atoms with Gasteiger partial charge in [-0.25, -0.2) is 8.42 Å². The van der Waals surface area contributed by atoms with E-state index in [1.165, 1.54) is 24.3 Å². The summed E-state index contributed by atoms with van der Waals surface area (Å²) < 4.78 is 33.7. The van der Waals surface area contributed by atoms with Crippen LogP contribution in [0.2, 0.25) is 0 Å². The van der Waals surface area contributed by atoms with E-state index in [4.69, 9.17) is 20.2 Å². The standard InChI is InChI=1S/C13H10BrClO4S/c1-18-10-4-7-13(12(14)8-10)19-9-2-5-11(6-3-9)20(15,16)17/h2-8H,1H3. The highest BCUT2D eigenvalue weighted by molar-refractivity contribution is 9.10. The van der Waals surface area contributed by atoms with Gasteiger partial charge in [-0.15, -0.1) is 0 Å². The first-order chi connectivity index (χ1) is 9.40. The van der Waals surface area contributed by atoms with Crippen LogP contribution in [0.3, 0.4) is 0 Å². The smallest absolute Gasteiger partial charge is 0.261 e. The molecule has 0 radical (unpaired) electrons. The molecule has 0 aliphatic heterocycles. The molecule has 0 aliphatic rings. The van der Waals surface area contributed by atoms with E-state index in [1.807, 2.05) is 0 Å². The lowest BCUT2D eigenvalue weighted by molar-refractivity contribution is 0.412. The first-order valence-corrected chi connectivity index (χ1v) is 8.56. The predicted octanol–water partition coefficient (Wildman–Crippen LogP) is 4.18. The van der Waals surface area contributed by atoms with E-state index in [-0.39, 0.29) is 4.90 Å². The monoisotopic (exact) mass is 376 g/mol. The molecular formula is C13H10BrClO4S. The molecule has 0 amide bonds. The minimum Gasteiger partial charge on any atom is -0.497 e. The van der Waals surface area contributed by atoms with Gasteiger partial charge in [0.05, 0.1) is 16.5 Å². The third-order valence-electron chi connectivity index (χ3n) is 2.47. The van der Waals surface area contributed by atoms with Crippen molar-refractivity contribution in [2.45, 2.75) is 4.90 Å². The van der Waals surface area contributed by atoms with Crippen LogP contribution in [0.1, 0.15) is 0 Å². The SMILES string of the molecule is COc1ccc(Oc2ccc(S(=O)(=O)Cl)cc2)c(Br)c1. The van der Waals surface area contributed by atoms with Crippen molar-refractivity contribution >= 4 is 35.7 Å². The Labute approximate surface area is 129 Å². The maximum Gasteiger partial charge on any atom is 0.261 e. The molecule has 0 saturated heterocycles. The second-order valence-corrected chi connectivity index (χ2v) is 7.23. The summed E-state index contributed by atoms with van der Waals surface area (Å²) in [7, 11) is 3.10. The van der Waals surface area contributed by atoms with Gasteiger partial charge in [0.2, 0.25) is 0 Å². The maximum atomic E-state index is 11.1. The lowest BCUT2D eigenvalue weighted by Crippen LogP contribution is -1.91. The highest BCUT2D eigenvalue weighted by Crippen LogP contribution is 2.33. The molecule has 20 heavy (non-hydrogen) atoms. The lowest BCUT2D eigenvalue weighted by Gasteiger charge is -2.09. The Hall–Kier alpha value is -1.24. The van der Waals surface area contributed by atoms with Crippen LogP contribution in [0.5, 0.6) is 17.2 Å². The van der Waals surface area contributed by atoms with Gasteiger partial charge in [-0.05, 0) is 58.4 Å². The van der Waals surface area contributed by atoms with Crippen molar-refractivity contribution in [1.29, 1.82) is 0 Å². The summed E-state index contributed by atoms with van der Waals surface area (Å²) in [4.78, 5) is 0.0281. The Morgan fingerprint density at radius 1 is 1.05 bits per heavy atom. The van der Waals surface area contributed by atoms with Crippen LogP contribution in [0, 0.1) is 0 Å². The molecule has 4 nitrogen and oxygen atoms in total. The van der Waals surface area contributed by atoms with Crippen molar-refractivity contribution in [3.8, 4) is 17.2 Å². The largest absolute Gasteiger partial charge is 0.497 e. The second-order valence-electron chi connectivity index (χ2n) is 3.81. The zero-order valence-corrected chi connectivity index (χ0v) is 13.5. The molecule has 2 aromatic rings. The van der Waals surface area contributed by atoms with Crippen LogP contribution < -0.4 is 9.47 Å². The van der Waals surface area contributed by atoms with E-state index in [2.05, 4.69) is 15.9 Å². The van der Waals surface area contributed by atoms with Crippen molar-refractivity contribution < 1.29 is 17.9 Å². The van der Waals surface area contributed by atoms with Crippen molar-refractivity contribution in [2.75, 3.05) is 7.11 Å². The number of benzene rings is 2. The third kappa shape index (κ3) is 3.65. The lowest BCUT2D eigenvalue weighted by atomic mass is 10.3. The number of rotatable bonds is 4. The molecule has 0 atom stereocenters. The number of hydrogen-bond acceptors (Lipinski definition) is 4. The van der Waals surface area contributed by atoms with E-state index in [0.717, 1.165) is 4.47 Å². The van der Waals surface area contributed by atoms with E-state index in [1.54, 1.807) is 25.3 Å². The molecule has 2 rings (SSSR count). The van der Waals surface area contributed by atoms with Gasteiger partial charge in [0.1, 0.15) is 17.2 Å². The van der Waals surface area contributed by atoms with Crippen molar-refractivity contribution in [3.63, 3.8) is 0 Å². The molecule has 0 saturated carbocycles. The van der Waals surface area contributed by atoms with E-state index in [9.17, 15) is 8.42 Å². The summed E-state index contributed by atoms with van der Waals surface area (Å²) in [5.74, 6) is 1.79. The number of hydrogen-bond donors (Lipinski definition) is 0. The molecular weight excluding hydrogens is 368 g/mol. The van der Waals surface area contributed by atoms with Gasteiger partial charge >= 0.3 is 0 Å². The fraction of sp³-hybridized carbons (Fsp3) is 0.0769. The third-order valence-corrected chi connectivity index (χ3v) is 4.46. The van der Waals surface area contributed by atoms with E-state index in [0.29, 0.717) is 17.2 Å². The molecule has 0 fully saturated rings. The zero-order valence-electron chi connectivity index (χ0n) is 10.3. The van der Waals surface area contributed by atoms with Gasteiger partial charge in [-0.3, -0.25) is 0 Å². The van der Waals surface area contributed by atoms with E-state index >= 15 is 0 Å². The normalized spacial score (nSPS) is 11.2. The molecule has 0 N–H and O–H groups in total. The highest BCUT2D eigenvalue weighted by atomic mass is 79.9. The maximum absolute atomic E-state index is 11.1. The van der Waals surface area contributed by atoms with Crippen LogP contribution in [-0.4, -0.2) is 15.5 Å². The molecule has 7 heteroatoms. The van der Waals surface area contributed by atoms with Crippen molar-refractivity contribution in [1.82, 2.24) is 0 Å². The summed E-state index contributed by atoms with van der Waals surface area (Å²) >= 11 is 3.37. The van der Waals surface area contributed by atoms with Crippen LogP contribution >= 0.6 is 26.6 Å². The molecule has 0 unspecified atom stereocenters. The Bertz CT molecular complexity index is 714. The molecule has 0 aliphatic carbocycles. The molecule has 0 heterocycles. The van der Waals surface area contributed by atoms with Crippen LogP contribution in [-0.2, 0) is 9.05 Å². The predicted molar refractivity (Wildman–Crippen MR) is 80.2 cm³/mol. The molecule has 0 spiro atoms. The Balaban J connectivity index is 2.22. The van der Waals surface area contributed by atoms with Gasteiger partial charge in [0.15, 0.2) is 0 Å². The van der Waals surface area contributed by atoms with Gasteiger partial charge in [0.25, 0.3) is 9.05 Å². The van der Waals surface area contributed by atoms with Gasteiger partial charge in [-0.2, -0.15) is 0 Å². The molecule has 0 bridgehead atoms. The molecule has 106 valence electrons. The highest BCUT2D eigenvalue weighted by Gasteiger charge is 2.10. The number of methoxy groups -OCH3 is 1. The van der Waals surface area contributed by atoms with E-state index < -0.39 is 9.05 Å². The summed E-state index contributed by atoms with van der Waals surface area (Å²) in [5.41, 5.74) is 0. The topological polar surface area (TPSA) is 52.6 Å². The Morgan fingerprint density at radius 3 is 2.15 bits per heavy atom. The fourth-order valence-electron chi connectivity index (χ4n) is 1.49. The molecule has 0 aromatic heterocycles. The number of ether oxygens (including phenoxy) is 2. The Kier molecular flexibility index (Phi) is 4.57. The van der Waals surface area contributed by atoms with Crippen molar-refractivity contribution in [3.05, 3.63) is 46.9 Å². The average molecular weight is 378 g/mol. The van der Waals surface area contributed by atoms with Gasteiger partial charge in [0, 0.05) is 10.7 Å². The summed E-state index contributed by atoms with van der Waals surface area (Å²) in [5, 5.41) is 0. The minimum atomic E-state index is -3.72. The Morgan fingerprint density at radius 2 is 1.65 bits per heavy atom. The summed E-state index contributed by atoms with van der Waals surface area (Å²) in [6.07, 6.45) is 0. The number of halogens is 2. The average Bonchev–Trinajstić information content (AvgIpc) is 2.40. The zero-order chi connectivity index (χ0) is 14.8. The fourth-order valence-corrected chi connectivity index (χ4v) is 2.70. The quantitative estimate of drug-likeness (QED) is 0.750. The van der Waals surface area contributed by atoms with Crippen molar-refractivity contribution in [2.24, 2.45) is 0 Å². The first-order valence-electron chi connectivity index (χ1n) is 5.46. The van der Waals surface area contributed by atoms with Gasteiger partial charge in [-0.1, -0.05) is 0 Å². The van der Waals surface area contributed by atoms with Crippen LogP contribution in [0.4, 0.5) is 0 Å². The first kappa shape index (κ1) is 15.2. The van der Waals surface area contributed by atoms with Crippen LogP contribution in [0.25, 0.3) is 0 Å². The van der Waals surface area contributed by atoms with Gasteiger partial charge < -0.3 is 9.47 Å². The van der Waals surface area contributed by atoms with Crippen LogP contribution in [0.15, 0.2) is 51.8 Å². The summed E-state index contributed by atoms with van der Waals surface area (Å²) in [6, 6.07) is 11.1. The summed E-state index contributed by atoms with van der Waals surface area (Å²) in [6.45, 7) is 0. The molecule has 2 aromatic carbocycles. The second kappa shape index (κ2) is 6.03. The minimum absolute atomic E-state index is 0.0281.